The zero-order valence-corrected chi connectivity index (χ0v) is 14.3. The number of hydrogen-bond acceptors (Lipinski definition) is 2. The Hall–Kier alpha value is -1.55. The van der Waals surface area contributed by atoms with Crippen LogP contribution in [0.2, 0.25) is 0 Å². The Morgan fingerprint density at radius 2 is 2.22 bits per heavy atom. The molecule has 0 spiro atoms. The molecule has 1 aliphatic carbocycles. The zero-order chi connectivity index (χ0) is 16.4. The number of likely N-dealkylation sites (tertiary alicyclic amines) is 1. The summed E-state index contributed by atoms with van der Waals surface area (Å²) in [5, 5.41) is 9.96. The third kappa shape index (κ3) is 3.52. The van der Waals surface area contributed by atoms with Crippen molar-refractivity contribution in [2.75, 3.05) is 19.7 Å². The van der Waals surface area contributed by atoms with Crippen LogP contribution in [-0.4, -0.2) is 40.2 Å². The predicted molar refractivity (Wildman–Crippen MR) is 91.4 cm³/mol. The molecule has 1 aliphatic heterocycles. The summed E-state index contributed by atoms with van der Waals surface area (Å²) in [5.74, 6) is 0.122. The summed E-state index contributed by atoms with van der Waals surface area (Å²) >= 11 is 0. The number of piperidine rings is 1. The van der Waals surface area contributed by atoms with Crippen molar-refractivity contribution in [3.63, 3.8) is 0 Å². The average Bonchev–Trinajstić information content (AvgIpc) is 3.29. The molecule has 2 aliphatic rings. The highest BCUT2D eigenvalue weighted by atomic mass is 16.3. The van der Waals surface area contributed by atoms with E-state index in [1.54, 1.807) is 0 Å². The minimum atomic E-state index is -0.178. The standard InChI is InChI=1S/C19H28N2O2/c1-15(2)8-10-19(14-22)9-4-11-20(13-19)18(23)17-5-3-12-21(17)16-6-7-16/h3,5,8,12,16,22H,4,6-7,9-11,13-14H2,1-2H3. The molecule has 0 aromatic carbocycles. The maximum Gasteiger partial charge on any atom is 0.270 e. The smallest absolute Gasteiger partial charge is 0.270 e. The van der Waals surface area contributed by atoms with Crippen molar-refractivity contribution in [1.82, 2.24) is 9.47 Å². The molecule has 0 bridgehead atoms. The Morgan fingerprint density at radius 1 is 1.43 bits per heavy atom. The van der Waals surface area contributed by atoms with Gasteiger partial charge in [0.1, 0.15) is 5.69 Å². The van der Waals surface area contributed by atoms with Gasteiger partial charge in [0.15, 0.2) is 0 Å². The highest BCUT2D eigenvalue weighted by molar-refractivity contribution is 5.93. The van der Waals surface area contributed by atoms with Crippen LogP contribution < -0.4 is 0 Å². The lowest BCUT2D eigenvalue weighted by Crippen LogP contribution is -2.48. The van der Waals surface area contributed by atoms with E-state index in [0.29, 0.717) is 12.6 Å². The summed E-state index contributed by atoms with van der Waals surface area (Å²) in [6.45, 7) is 5.76. The number of carbonyl (C=O) groups is 1. The van der Waals surface area contributed by atoms with Gasteiger partial charge in [-0.3, -0.25) is 4.79 Å². The summed E-state index contributed by atoms with van der Waals surface area (Å²) in [6.07, 6.45) is 9.37. The number of carbonyl (C=O) groups excluding carboxylic acids is 1. The fraction of sp³-hybridized carbons (Fsp3) is 0.632. The largest absolute Gasteiger partial charge is 0.396 e. The fourth-order valence-electron chi connectivity index (χ4n) is 3.57. The topological polar surface area (TPSA) is 45.5 Å². The van der Waals surface area contributed by atoms with E-state index in [-0.39, 0.29) is 17.9 Å². The fourth-order valence-corrected chi connectivity index (χ4v) is 3.57. The summed E-state index contributed by atoms with van der Waals surface area (Å²) in [4.78, 5) is 14.9. The first-order chi connectivity index (χ1) is 11.0. The number of nitrogens with zero attached hydrogens (tertiary/aromatic N) is 2. The second kappa shape index (κ2) is 6.52. The van der Waals surface area contributed by atoms with Crippen LogP contribution in [0.25, 0.3) is 0 Å². The van der Waals surface area contributed by atoms with Crippen LogP contribution in [0.1, 0.15) is 62.5 Å². The second-order valence-electron chi connectivity index (χ2n) is 7.51. The summed E-state index contributed by atoms with van der Waals surface area (Å²) in [5.41, 5.74) is 1.90. The monoisotopic (exact) mass is 316 g/mol. The minimum Gasteiger partial charge on any atom is -0.396 e. The van der Waals surface area contributed by atoms with Gasteiger partial charge >= 0.3 is 0 Å². The first-order valence-electron chi connectivity index (χ1n) is 8.75. The van der Waals surface area contributed by atoms with Crippen molar-refractivity contribution in [3.05, 3.63) is 35.7 Å². The maximum absolute atomic E-state index is 13.0. The molecule has 1 N–H and O–H groups in total. The number of allylic oxidation sites excluding steroid dienone is 2. The molecule has 3 rings (SSSR count). The van der Waals surface area contributed by atoms with Gasteiger partial charge in [0.25, 0.3) is 5.91 Å². The van der Waals surface area contributed by atoms with E-state index >= 15 is 0 Å². The van der Waals surface area contributed by atoms with Crippen LogP contribution in [0.4, 0.5) is 0 Å². The SMILES string of the molecule is CC(C)=CCC1(CO)CCCN(C(=O)c2cccn2C2CC2)C1. The van der Waals surface area contributed by atoms with Crippen molar-refractivity contribution in [3.8, 4) is 0 Å². The Morgan fingerprint density at radius 3 is 2.87 bits per heavy atom. The molecule has 126 valence electrons. The van der Waals surface area contributed by atoms with Gasteiger partial charge in [0.05, 0.1) is 6.61 Å². The van der Waals surface area contributed by atoms with Crippen molar-refractivity contribution in [2.24, 2.45) is 5.41 Å². The van der Waals surface area contributed by atoms with Gasteiger partial charge in [0.2, 0.25) is 0 Å². The molecular formula is C19H28N2O2. The van der Waals surface area contributed by atoms with Crippen LogP contribution in [0.15, 0.2) is 30.0 Å². The molecule has 1 saturated carbocycles. The number of aliphatic hydroxyl groups is 1. The van der Waals surface area contributed by atoms with Crippen molar-refractivity contribution >= 4 is 5.91 Å². The van der Waals surface area contributed by atoms with Gasteiger partial charge in [-0.1, -0.05) is 11.6 Å². The summed E-state index contributed by atoms with van der Waals surface area (Å²) in [7, 11) is 0. The van der Waals surface area contributed by atoms with Gasteiger partial charge in [-0.15, -0.1) is 0 Å². The lowest BCUT2D eigenvalue weighted by Gasteiger charge is -2.41. The van der Waals surface area contributed by atoms with E-state index < -0.39 is 0 Å². The molecule has 2 fully saturated rings. The van der Waals surface area contributed by atoms with Gasteiger partial charge in [-0.25, -0.2) is 0 Å². The highest BCUT2D eigenvalue weighted by Gasteiger charge is 2.37. The van der Waals surface area contributed by atoms with E-state index in [4.69, 9.17) is 0 Å². The molecule has 4 heteroatoms. The predicted octanol–water partition coefficient (Wildman–Crippen LogP) is 3.39. The molecule has 1 unspecified atom stereocenters. The third-order valence-corrected chi connectivity index (χ3v) is 5.17. The number of amides is 1. The first kappa shape index (κ1) is 16.3. The molecule has 1 saturated heterocycles. The molecule has 0 radical (unpaired) electrons. The minimum absolute atomic E-state index is 0.122. The Kier molecular flexibility index (Phi) is 4.62. The zero-order valence-electron chi connectivity index (χ0n) is 14.3. The summed E-state index contributed by atoms with van der Waals surface area (Å²) in [6, 6.07) is 4.42. The van der Waals surface area contributed by atoms with Crippen LogP contribution in [0, 0.1) is 5.41 Å². The molecule has 1 aromatic rings. The Balaban J connectivity index is 1.75. The van der Waals surface area contributed by atoms with Gasteiger partial charge in [-0.05, 0) is 58.1 Å². The molecule has 23 heavy (non-hydrogen) atoms. The molecule has 4 nitrogen and oxygen atoms in total. The van der Waals surface area contributed by atoms with Gasteiger partial charge < -0.3 is 14.6 Å². The van der Waals surface area contributed by atoms with Crippen LogP contribution in [-0.2, 0) is 0 Å². The highest BCUT2D eigenvalue weighted by Crippen LogP contribution is 2.38. The molecule has 1 atom stereocenters. The van der Waals surface area contributed by atoms with E-state index in [1.165, 1.54) is 18.4 Å². The van der Waals surface area contributed by atoms with Gasteiger partial charge in [0, 0.05) is 30.7 Å². The second-order valence-corrected chi connectivity index (χ2v) is 7.51. The first-order valence-corrected chi connectivity index (χ1v) is 8.75. The quantitative estimate of drug-likeness (QED) is 0.846. The molecule has 1 amide bonds. The normalized spacial score (nSPS) is 24.6. The number of aliphatic hydroxyl groups excluding tert-OH is 1. The van der Waals surface area contributed by atoms with E-state index in [2.05, 4.69) is 24.5 Å². The van der Waals surface area contributed by atoms with E-state index in [9.17, 15) is 9.90 Å². The van der Waals surface area contributed by atoms with Crippen molar-refractivity contribution in [2.45, 2.75) is 52.0 Å². The number of hydrogen-bond donors (Lipinski definition) is 1. The summed E-state index contributed by atoms with van der Waals surface area (Å²) < 4.78 is 2.13. The van der Waals surface area contributed by atoms with Crippen molar-refractivity contribution < 1.29 is 9.90 Å². The number of rotatable bonds is 5. The lowest BCUT2D eigenvalue weighted by atomic mass is 9.77. The van der Waals surface area contributed by atoms with E-state index in [1.807, 2.05) is 23.2 Å². The Labute approximate surface area is 138 Å². The van der Waals surface area contributed by atoms with Crippen LogP contribution in [0.3, 0.4) is 0 Å². The lowest BCUT2D eigenvalue weighted by molar-refractivity contribution is 0.0277. The molecular weight excluding hydrogens is 288 g/mol. The van der Waals surface area contributed by atoms with Crippen LogP contribution in [0.5, 0.6) is 0 Å². The molecule has 2 heterocycles. The Bertz CT molecular complexity index is 596. The van der Waals surface area contributed by atoms with Crippen molar-refractivity contribution in [1.29, 1.82) is 0 Å². The van der Waals surface area contributed by atoms with E-state index in [0.717, 1.165) is 31.5 Å². The van der Waals surface area contributed by atoms with Crippen LogP contribution >= 0.6 is 0 Å². The number of aromatic nitrogens is 1. The maximum atomic E-state index is 13.0. The third-order valence-electron chi connectivity index (χ3n) is 5.17. The average molecular weight is 316 g/mol. The molecule has 1 aromatic heterocycles. The van der Waals surface area contributed by atoms with Gasteiger partial charge in [-0.2, -0.15) is 0 Å².